The Hall–Kier alpha value is -2.29. The third-order valence-electron chi connectivity index (χ3n) is 5.80. The molecular weight excluding hydrogens is 521 g/mol. The highest BCUT2D eigenvalue weighted by Gasteiger charge is 2.34. The fourth-order valence-corrected chi connectivity index (χ4v) is 5.24. The van der Waals surface area contributed by atoms with Gasteiger partial charge in [0.1, 0.15) is 12.6 Å². The zero-order valence-electron chi connectivity index (χ0n) is 21.9. The van der Waals surface area contributed by atoms with Gasteiger partial charge in [0.25, 0.3) is 0 Å². The van der Waals surface area contributed by atoms with Crippen molar-refractivity contribution in [2.75, 3.05) is 17.1 Å². The van der Waals surface area contributed by atoms with Gasteiger partial charge in [-0.05, 0) is 70.4 Å². The van der Waals surface area contributed by atoms with Crippen LogP contribution in [0.25, 0.3) is 0 Å². The van der Waals surface area contributed by atoms with Crippen LogP contribution in [-0.2, 0) is 26.2 Å². The molecule has 198 valence electrons. The second-order valence-electron chi connectivity index (χ2n) is 9.87. The Balaban J connectivity index is 2.57. The summed E-state index contributed by atoms with van der Waals surface area (Å²) in [4.78, 5) is 28.4. The lowest BCUT2D eigenvalue weighted by Gasteiger charge is -2.35. The van der Waals surface area contributed by atoms with E-state index in [1.807, 2.05) is 33.8 Å². The normalized spacial score (nSPS) is 12.7. The van der Waals surface area contributed by atoms with Crippen molar-refractivity contribution < 1.29 is 18.0 Å². The minimum absolute atomic E-state index is 0.0577. The first-order chi connectivity index (χ1) is 16.6. The molecule has 0 aliphatic heterocycles. The molecule has 0 fully saturated rings. The number of aryl methyl sites for hydroxylation is 1. The molecule has 0 radical (unpaired) electrons. The molecule has 2 aromatic rings. The summed E-state index contributed by atoms with van der Waals surface area (Å²) >= 11 is 12.8. The average molecular weight is 557 g/mol. The highest BCUT2D eigenvalue weighted by Crippen LogP contribution is 2.29. The number of benzene rings is 2. The summed E-state index contributed by atoms with van der Waals surface area (Å²) in [5.74, 6) is -0.896. The van der Waals surface area contributed by atoms with Crippen molar-refractivity contribution in [1.29, 1.82) is 0 Å². The number of anilines is 1. The molecule has 10 heteroatoms. The number of nitrogens with zero attached hydrogens (tertiary/aromatic N) is 2. The molecule has 1 atom stereocenters. The van der Waals surface area contributed by atoms with Crippen LogP contribution in [-0.4, -0.2) is 49.5 Å². The van der Waals surface area contributed by atoms with Crippen LogP contribution in [0.2, 0.25) is 10.0 Å². The lowest BCUT2D eigenvalue weighted by atomic mass is 10.1. The standard InChI is InChI=1S/C26H35Cl2N3O4S/c1-8-22(25(33)29-26(4,5)6)30(15-19-20(27)12-10-13-21(19)28)24(32)16-31(36(7,34)35)23-14-9-11-17(2)18(23)3/h9-14,22H,8,15-16H2,1-7H3,(H,29,33)/t22-/m1/s1. The number of carbonyl (C=O) groups is 2. The number of carbonyl (C=O) groups excluding carboxylic acids is 2. The van der Waals surface area contributed by atoms with Crippen LogP contribution in [0.1, 0.15) is 50.8 Å². The van der Waals surface area contributed by atoms with E-state index in [1.54, 1.807) is 44.2 Å². The molecule has 7 nitrogen and oxygen atoms in total. The zero-order chi connectivity index (χ0) is 27.4. The lowest BCUT2D eigenvalue weighted by molar-refractivity contribution is -0.141. The summed E-state index contributed by atoms with van der Waals surface area (Å²) < 4.78 is 26.7. The van der Waals surface area contributed by atoms with E-state index in [2.05, 4.69) is 5.32 Å². The van der Waals surface area contributed by atoms with Crippen LogP contribution < -0.4 is 9.62 Å². The molecule has 36 heavy (non-hydrogen) atoms. The topological polar surface area (TPSA) is 86.8 Å². The van der Waals surface area contributed by atoms with Crippen molar-refractivity contribution >= 4 is 50.7 Å². The van der Waals surface area contributed by atoms with Crippen molar-refractivity contribution in [3.05, 3.63) is 63.1 Å². The molecule has 2 rings (SSSR count). The number of rotatable bonds is 9. The Kier molecular flexibility index (Phi) is 9.84. The van der Waals surface area contributed by atoms with E-state index in [4.69, 9.17) is 23.2 Å². The molecule has 2 amide bonds. The molecule has 0 aliphatic carbocycles. The molecule has 0 spiro atoms. The summed E-state index contributed by atoms with van der Waals surface area (Å²) in [6, 6.07) is 9.40. The van der Waals surface area contributed by atoms with Crippen LogP contribution >= 0.6 is 23.2 Å². The molecule has 0 unspecified atom stereocenters. The predicted octanol–water partition coefficient (Wildman–Crippen LogP) is 5.10. The largest absolute Gasteiger partial charge is 0.350 e. The second kappa shape index (κ2) is 11.8. The Morgan fingerprint density at radius 1 is 1.03 bits per heavy atom. The van der Waals surface area contributed by atoms with Gasteiger partial charge in [-0.3, -0.25) is 13.9 Å². The van der Waals surface area contributed by atoms with Gasteiger partial charge in [0.2, 0.25) is 21.8 Å². The number of hydrogen-bond donors (Lipinski definition) is 1. The molecule has 0 aliphatic rings. The van der Waals surface area contributed by atoms with Gasteiger partial charge in [-0.15, -0.1) is 0 Å². The van der Waals surface area contributed by atoms with E-state index >= 15 is 0 Å². The first-order valence-corrected chi connectivity index (χ1v) is 14.3. The number of sulfonamides is 1. The maximum Gasteiger partial charge on any atom is 0.244 e. The van der Waals surface area contributed by atoms with E-state index < -0.39 is 34.1 Å². The van der Waals surface area contributed by atoms with Gasteiger partial charge in [0, 0.05) is 27.7 Å². The van der Waals surface area contributed by atoms with E-state index in [0.29, 0.717) is 27.7 Å². The summed E-state index contributed by atoms with van der Waals surface area (Å²) in [5, 5.41) is 3.62. The van der Waals surface area contributed by atoms with Crippen molar-refractivity contribution in [2.45, 2.75) is 66.1 Å². The van der Waals surface area contributed by atoms with Crippen molar-refractivity contribution in [3.63, 3.8) is 0 Å². The zero-order valence-corrected chi connectivity index (χ0v) is 24.2. The fourth-order valence-electron chi connectivity index (χ4n) is 3.83. The SMILES string of the molecule is CC[C@H](C(=O)NC(C)(C)C)N(Cc1c(Cl)cccc1Cl)C(=O)CN(c1cccc(C)c1C)S(C)(=O)=O. The molecule has 2 aromatic carbocycles. The molecule has 0 saturated carbocycles. The predicted molar refractivity (Wildman–Crippen MR) is 147 cm³/mol. The van der Waals surface area contributed by atoms with Gasteiger partial charge in [0.05, 0.1) is 11.9 Å². The van der Waals surface area contributed by atoms with E-state index in [-0.39, 0.29) is 12.5 Å². The van der Waals surface area contributed by atoms with Gasteiger partial charge >= 0.3 is 0 Å². The second-order valence-corrected chi connectivity index (χ2v) is 12.6. The first kappa shape index (κ1) is 29.9. The Bertz CT molecular complexity index is 1210. The van der Waals surface area contributed by atoms with Crippen LogP contribution in [0.15, 0.2) is 36.4 Å². The Morgan fingerprint density at radius 2 is 1.58 bits per heavy atom. The summed E-state index contributed by atoms with van der Waals surface area (Å²) in [6.45, 7) is 10.5. The monoisotopic (exact) mass is 555 g/mol. The van der Waals surface area contributed by atoms with Gasteiger partial charge in [-0.25, -0.2) is 8.42 Å². The fraction of sp³-hybridized carbons (Fsp3) is 0.462. The van der Waals surface area contributed by atoms with Gasteiger partial charge in [-0.2, -0.15) is 0 Å². The van der Waals surface area contributed by atoms with Crippen LogP contribution in [0.3, 0.4) is 0 Å². The number of hydrogen-bond acceptors (Lipinski definition) is 4. The summed E-state index contributed by atoms with van der Waals surface area (Å²) in [7, 11) is -3.82. The van der Waals surface area contributed by atoms with Gasteiger partial charge in [0.15, 0.2) is 0 Å². The van der Waals surface area contributed by atoms with Crippen molar-refractivity contribution in [2.24, 2.45) is 0 Å². The lowest BCUT2D eigenvalue weighted by Crippen LogP contribution is -2.55. The molecule has 1 N–H and O–H groups in total. The Morgan fingerprint density at radius 3 is 2.08 bits per heavy atom. The average Bonchev–Trinajstić information content (AvgIpc) is 2.74. The quantitative estimate of drug-likeness (QED) is 0.466. The molecular formula is C26H35Cl2N3O4S. The molecule has 0 aromatic heterocycles. The highest BCUT2D eigenvalue weighted by molar-refractivity contribution is 7.92. The smallest absolute Gasteiger partial charge is 0.244 e. The molecule has 0 bridgehead atoms. The van der Waals surface area contributed by atoms with Crippen LogP contribution in [0, 0.1) is 13.8 Å². The number of amides is 2. The van der Waals surface area contributed by atoms with Gasteiger partial charge < -0.3 is 10.2 Å². The van der Waals surface area contributed by atoms with Crippen LogP contribution in [0.5, 0.6) is 0 Å². The summed E-state index contributed by atoms with van der Waals surface area (Å²) in [6.07, 6.45) is 1.36. The summed E-state index contributed by atoms with van der Waals surface area (Å²) in [5.41, 5.74) is 2.00. The van der Waals surface area contributed by atoms with Gasteiger partial charge in [-0.1, -0.05) is 48.3 Å². The van der Waals surface area contributed by atoms with Crippen LogP contribution in [0.4, 0.5) is 5.69 Å². The van der Waals surface area contributed by atoms with E-state index in [0.717, 1.165) is 21.7 Å². The van der Waals surface area contributed by atoms with Crippen molar-refractivity contribution in [1.82, 2.24) is 10.2 Å². The number of halogens is 2. The minimum Gasteiger partial charge on any atom is -0.350 e. The minimum atomic E-state index is -3.82. The first-order valence-electron chi connectivity index (χ1n) is 11.6. The molecule has 0 saturated heterocycles. The highest BCUT2D eigenvalue weighted by atomic mass is 35.5. The van der Waals surface area contributed by atoms with E-state index in [9.17, 15) is 18.0 Å². The maximum absolute atomic E-state index is 13.8. The van der Waals surface area contributed by atoms with E-state index in [1.165, 1.54) is 4.90 Å². The maximum atomic E-state index is 13.8. The third-order valence-corrected chi connectivity index (χ3v) is 7.63. The Labute approximate surface area is 224 Å². The third kappa shape index (κ3) is 7.60. The molecule has 0 heterocycles. The van der Waals surface area contributed by atoms with Crippen molar-refractivity contribution in [3.8, 4) is 0 Å². The number of nitrogens with one attached hydrogen (secondary N) is 1.